The minimum absolute atomic E-state index is 0.0412. The van der Waals surface area contributed by atoms with Gasteiger partial charge < -0.3 is 10.3 Å². The molecule has 0 atom stereocenters. The molecule has 1 aromatic heterocycles. The Bertz CT molecular complexity index is 1160. The highest BCUT2D eigenvalue weighted by Gasteiger charge is 2.20. The molecule has 0 spiro atoms. The summed E-state index contributed by atoms with van der Waals surface area (Å²) < 4.78 is 25.2. The molecule has 1 amide bonds. The van der Waals surface area contributed by atoms with Crippen LogP contribution < -0.4 is 10.9 Å². The number of pyridine rings is 1. The molecule has 0 saturated heterocycles. The van der Waals surface area contributed by atoms with Crippen LogP contribution >= 0.6 is 0 Å². The van der Waals surface area contributed by atoms with Gasteiger partial charge in [0.25, 0.3) is 0 Å². The summed E-state index contributed by atoms with van der Waals surface area (Å²) in [6, 6.07) is 13.0. The number of fused-ring (bicyclic) bond motifs is 1. The highest BCUT2D eigenvalue weighted by atomic mass is 32.2. The second-order valence-electron chi connectivity index (χ2n) is 6.20. The highest BCUT2D eigenvalue weighted by Crippen LogP contribution is 2.21. The predicted octanol–water partition coefficient (Wildman–Crippen LogP) is 2.56. The van der Waals surface area contributed by atoms with Crippen LogP contribution in [0.3, 0.4) is 0 Å². The van der Waals surface area contributed by atoms with E-state index in [9.17, 15) is 18.0 Å². The van der Waals surface area contributed by atoms with Gasteiger partial charge >= 0.3 is 0 Å². The summed E-state index contributed by atoms with van der Waals surface area (Å²) in [7, 11) is -3.81. The van der Waals surface area contributed by atoms with Gasteiger partial charge in [-0.3, -0.25) is 9.59 Å². The summed E-state index contributed by atoms with van der Waals surface area (Å²) in [5, 5.41) is 3.23. The Kier molecular flexibility index (Phi) is 4.65. The SMILES string of the molecule is Cc1cccc(NC(=O)CS(=O)(=O)c2ccc3[nH]c(=O)cc(C)c3c2)c1. The zero-order valence-electron chi connectivity index (χ0n) is 14.4. The first-order valence-corrected chi connectivity index (χ1v) is 9.63. The average Bonchev–Trinajstić information content (AvgIpc) is 2.53. The Morgan fingerprint density at radius 2 is 1.85 bits per heavy atom. The van der Waals surface area contributed by atoms with Crippen molar-refractivity contribution >= 4 is 32.3 Å². The maximum atomic E-state index is 12.6. The number of aromatic amines is 1. The van der Waals surface area contributed by atoms with Gasteiger partial charge in [-0.1, -0.05) is 12.1 Å². The topological polar surface area (TPSA) is 96.1 Å². The summed E-state index contributed by atoms with van der Waals surface area (Å²) in [5.74, 6) is -1.26. The number of H-pyrrole nitrogens is 1. The number of hydrogen-bond donors (Lipinski definition) is 2. The molecule has 7 heteroatoms. The molecule has 0 unspecified atom stereocenters. The molecule has 6 nitrogen and oxygen atoms in total. The predicted molar refractivity (Wildman–Crippen MR) is 101 cm³/mol. The minimum atomic E-state index is -3.81. The molecular weight excluding hydrogens is 352 g/mol. The van der Waals surface area contributed by atoms with E-state index in [0.29, 0.717) is 22.2 Å². The van der Waals surface area contributed by atoms with Crippen molar-refractivity contribution in [3.05, 3.63) is 70.0 Å². The molecule has 134 valence electrons. The van der Waals surface area contributed by atoms with Crippen LogP contribution in [0.2, 0.25) is 0 Å². The van der Waals surface area contributed by atoms with Crippen molar-refractivity contribution in [1.82, 2.24) is 4.98 Å². The summed E-state index contributed by atoms with van der Waals surface area (Å²) in [4.78, 5) is 26.4. The molecule has 2 aromatic carbocycles. The van der Waals surface area contributed by atoms with Crippen LogP contribution in [-0.4, -0.2) is 25.1 Å². The molecule has 2 N–H and O–H groups in total. The summed E-state index contributed by atoms with van der Waals surface area (Å²) in [6.07, 6.45) is 0. The fourth-order valence-corrected chi connectivity index (χ4v) is 3.93. The molecule has 1 heterocycles. The molecule has 0 saturated carbocycles. The molecular formula is C19H18N2O4S. The van der Waals surface area contributed by atoms with Crippen molar-refractivity contribution in [3.8, 4) is 0 Å². The monoisotopic (exact) mass is 370 g/mol. The highest BCUT2D eigenvalue weighted by molar-refractivity contribution is 7.92. The van der Waals surface area contributed by atoms with Crippen molar-refractivity contribution in [3.63, 3.8) is 0 Å². The standard InChI is InChI=1S/C19H18N2O4S/c1-12-4-3-5-14(8-12)20-19(23)11-26(24,25)15-6-7-17-16(10-15)13(2)9-18(22)21-17/h3-10H,11H2,1-2H3,(H,20,23)(H,21,22). The van der Waals surface area contributed by atoms with E-state index in [0.717, 1.165) is 5.56 Å². The van der Waals surface area contributed by atoms with Crippen LogP contribution in [0.1, 0.15) is 11.1 Å². The Labute approximate surface area is 150 Å². The molecule has 0 radical (unpaired) electrons. The van der Waals surface area contributed by atoms with E-state index in [1.165, 1.54) is 24.3 Å². The van der Waals surface area contributed by atoms with Gasteiger partial charge in [0.2, 0.25) is 11.5 Å². The molecule has 0 fully saturated rings. The Morgan fingerprint density at radius 1 is 1.08 bits per heavy atom. The first kappa shape index (κ1) is 17.9. The second kappa shape index (κ2) is 6.76. The van der Waals surface area contributed by atoms with E-state index in [2.05, 4.69) is 10.3 Å². The van der Waals surface area contributed by atoms with Crippen molar-refractivity contribution in [2.75, 3.05) is 11.1 Å². The zero-order valence-corrected chi connectivity index (χ0v) is 15.2. The summed E-state index contributed by atoms with van der Waals surface area (Å²) in [5.41, 5.74) is 2.49. The van der Waals surface area contributed by atoms with Crippen molar-refractivity contribution in [2.24, 2.45) is 0 Å². The van der Waals surface area contributed by atoms with E-state index in [1.807, 2.05) is 13.0 Å². The molecule has 0 bridgehead atoms. The Balaban J connectivity index is 1.87. The number of anilines is 1. The van der Waals surface area contributed by atoms with Crippen LogP contribution in [0.5, 0.6) is 0 Å². The largest absolute Gasteiger partial charge is 0.325 e. The Hall–Kier alpha value is -2.93. The van der Waals surface area contributed by atoms with Crippen LogP contribution in [0.25, 0.3) is 10.9 Å². The first-order valence-electron chi connectivity index (χ1n) is 7.97. The summed E-state index contributed by atoms with van der Waals surface area (Å²) in [6.45, 7) is 3.62. The lowest BCUT2D eigenvalue weighted by Crippen LogP contribution is -2.23. The maximum absolute atomic E-state index is 12.6. The fraction of sp³-hybridized carbons (Fsp3) is 0.158. The van der Waals surface area contributed by atoms with Crippen LogP contribution in [-0.2, 0) is 14.6 Å². The number of nitrogens with one attached hydrogen (secondary N) is 2. The smallest absolute Gasteiger partial charge is 0.248 e. The fourth-order valence-electron chi connectivity index (χ4n) is 2.77. The quantitative estimate of drug-likeness (QED) is 0.738. The number of hydrogen-bond acceptors (Lipinski definition) is 4. The first-order chi connectivity index (χ1) is 12.2. The number of carbonyl (C=O) groups excluding carboxylic acids is 1. The number of rotatable bonds is 4. The van der Waals surface area contributed by atoms with Crippen LogP contribution in [0, 0.1) is 13.8 Å². The minimum Gasteiger partial charge on any atom is -0.325 e. The lowest BCUT2D eigenvalue weighted by molar-refractivity contribution is -0.113. The number of aromatic nitrogens is 1. The number of aryl methyl sites for hydroxylation is 2. The molecule has 3 rings (SSSR count). The number of sulfone groups is 1. The van der Waals surface area contributed by atoms with Crippen LogP contribution in [0.4, 0.5) is 5.69 Å². The van der Waals surface area contributed by atoms with Crippen LogP contribution in [0.15, 0.2) is 58.2 Å². The van der Waals surface area contributed by atoms with Gasteiger partial charge in [0.15, 0.2) is 9.84 Å². The van der Waals surface area contributed by atoms with E-state index in [1.54, 1.807) is 25.1 Å². The summed E-state index contributed by atoms with van der Waals surface area (Å²) >= 11 is 0. The molecule has 0 aliphatic rings. The number of amides is 1. The third-order valence-electron chi connectivity index (χ3n) is 4.00. The Morgan fingerprint density at radius 3 is 2.58 bits per heavy atom. The number of benzene rings is 2. The third-order valence-corrected chi connectivity index (χ3v) is 5.62. The van der Waals surface area contributed by atoms with E-state index in [4.69, 9.17) is 0 Å². The second-order valence-corrected chi connectivity index (χ2v) is 8.19. The maximum Gasteiger partial charge on any atom is 0.248 e. The molecule has 26 heavy (non-hydrogen) atoms. The van der Waals surface area contributed by atoms with Gasteiger partial charge in [0, 0.05) is 22.7 Å². The van der Waals surface area contributed by atoms with Gasteiger partial charge in [-0.2, -0.15) is 0 Å². The van der Waals surface area contributed by atoms with Gasteiger partial charge in [0.05, 0.1) is 4.90 Å². The lowest BCUT2D eigenvalue weighted by Gasteiger charge is -2.09. The van der Waals surface area contributed by atoms with E-state index >= 15 is 0 Å². The van der Waals surface area contributed by atoms with E-state index < -0.39 is 21.5 Å². The van der Waals surface area contributed by atoms with E-state index in [-0.39, 0.29) is 10.5 Å². The average molecular weight is 370 g/mol. The van der Waals surface area contributed by atoms with Gasteiger partial charge in [-0.25, -0.2) is 8.42 Å². The molecule has 0 aliphatic carbocycles. The third kappa shape index (κ3) is 3.83. The lowest BCUT2D eigenvalue weighted by atomic mass is 10.1. The zero-order chi connectivity index (χ0) is 18.9. The normalized spacial score (nSPS) is 11.5. The molecule has 3 aromatic rings. The number of carbonyl (C=O) groups is 1. The molecule has 0 aliphatic heterocycles. The van der Waals surface area contributed by atoms with Crippen molar-refractivity contribution < 1.29 is 13.2 Å². The van der Waals surface area contributed by atoms with Gasteiger partial charge in [-0.05, 0) is 55.3 Å². The van der Waals surface area contributed by atoms with Gasteiger partial charge in [0.1, 0.15) is 5.75 Å². The van der Waals surface area contributed by atoms with Crippen molar-refractivity contribution in [2.45, 2.75) is 18.7 Å². The van der Waals surface area contributed by atoms with Gasteiger partial charge in [-0.15, -0.1) is 0 Å². The van der Waals surface area contributed by atoms with Crippen molar-refractivity contribution in [1.29, 1.82) is 0 Å².